The molecule has 0 unspecified atom stereocenters. The molecular weight excluding hydrogens is 267 g/mol. The highest BCUT2D eigenvalue weighted by molar-refractivity contribution is 5.99. The summed E-state index contributed by atoms with van der Waals surface area (Å²) in [6, 6.07) is 10.3. The molecule has 3 rings (SSSR count). The van der Waals surface area contributed by atoms with Gasteiger partial charge in [0.05, 0.1) is 0 Å². The number of ketones is 1. The lowest BCUT2D eigenvalue weighted by atomic mass is 9.90. The third-order valence-corrected chi connectivity index (χ3v) is 3.96. The second kappa shape index (κ2) is 5.68. The van der Waals surface area contributed by atoms with Crippen LogP contribution in [0.3, 0.4) is 0 Å². The first kappa shape index (κ1) is 13.8. The van der Waals surface area contributed by atoms with E-state index in [0.29, 0.717) is 13.0 Å². The predicted molar refractivity (Wildman–Crippen MR) is 79.2 cm³/mol. The van der Waals surface area contributed by atoms with E-state index < -0.39 is 0 Å². The van der Waals surface area contributed by atoms with Crippen LogP contribution in [0, 0.1) is 12.7 Å². The number of hydrogen-bond donors (Lipinski definition) is 0. The van der Waals surface area contributed by atoms with Gasteiger partial charge in [-0.1, -0.05) is 18.2 Å². The Hall–Kier alpha value is -2.16. The van der Waals surface area contributed by atoms with Crippen LogP contribution in [0.4, 0.5) is 4.39 Å². The molecule has 0 heterocycles. The Balaban J connectivity index is 1.84. The van der Waals surface area contributed by atoms with Crippen LogP contribution in [0.1, 0.15) is 39.9 Å². The van der Waals surface area contributed by atoms with E-state index in [1.165, 1.54) is 12.1 Å². The van der Waals surface area contributed by atoms with Gasteiger partial charge in [-0.3, -0.25) is 4.79 Å². The van der Waals surface area contributed by atoms with E-state index in [0.717, 1.165) is 40.8 Å². The van der Waals surface area contributed by atoms with Crippen molar-refractivity contribution in [1.82, 2.24) is 0 Å². The zero-order valence-electron chi connectivity index (χ0n) is 12.0. The number of ether oxygens (including phenoxy) is 1. The van der Waals surface area contributed by atoms with E-state index in [1.54, 1.807) is 6.07 Å². The van der Waals surface area contributed by atoms with E-state index in [2.05, 4.69) is 0 Å². The minimum Gasteiger partial charge on any atom is -0.489 e. The monoisotopic (exact) mass is 284 g/mol. The van der Waals surface area contributed by atoms with Crippen LogP contribution >= 0.6 is 0 Å². The number of hydrogen-bond acceptors (Lipinski definition) is 2. The first-order chi connectivity index (χ1) is 10.1. The average molecular weight is 284 g/mol. The van der Waals surface area contributed by atoms with Gasteiger partial charge in [-0.15, -0.1) is 0 Å². The molecule has 21 heavy (non-hydrogen) atoms. The number of carbonyl (C=O) groups is 1. The first-order valence-electron chi connectivity index (χ1n) is 7.18. The number of carbonyl (C=O) groups excluding carboxylic acids is 1. The number of rotatable bonds is 3. The van der Waals surface area contributed by atoms with E-state index in [-0.39, 0.29) is 11.6 Å². The van der Waals surface area contributed by atoms with E-state index in [9.17, 15) is 9.18 Å². The van der Waals surface area contributed by atoms with Gasteiger partial charge in [0, 0.05) is 17.5 Å². The number of halogens is 1. The minimum atomic E-state index is -0.260. The molecule has 0 aliphatic heterocycles. The summed E-state index contributed by atoms with van der Waals surface area (Å²) in [7, 11) is 0. The Morgan fingerprint density at radius 2 is 2.05 bits per heavy atom. The Bertz CT molecular complexity index is 692. The highest BCUT2D eigenvalue weighted by Gasteiger charge is 2.20. The second-order valence-electron chi connectivity index (χ2n) is 5.42. The number of fused-ring (bicyclic) bond motifs is 1. The normalized spacial score (nSPS) is 13.9. The Morgan fingerprint density at radius 3 is 2.90 bits per heavy atom. The molecule has 3 heteroatoms. The van der Waals surface area contributed by atoms with Gasteiger partial charge in [-0.2, -0.15) is 0 Å². The Morgan fingerprint density at radius 1 is 1.19 bits per heavy atom. The molecule has 0 radical (unpaired) electrons. The van der Waals surface area contributed by atoms with Crippen LogP contribution < -0.4 is 4.74 Å². The molecule has 108 valence electrons. The third-order valence-electron chi connectivity index (χ3n) is 3.96. The number of benzene rings is 2. The Kier molecular flexibility index (Phi) is 3.74. The van der Waals surface area contributed by atoms with E-state index >= 15 is 0 Å². The van der Waals surface area contributed by atoms with Crippen LogP contribution in [-0.4, -0.2) is 5.78 Å². The maximum Gasteiger partial charge on any atom is 0.163 e. The smallest absolute Gasteiger partial charge is 0.163 e. The SMILES string of the molecule is Cc1ccc(F)cc1COc1cccc2c1CCCC2=O. The van der Waals surface area contributed by atoms with Gasteiger partial charge in [0.25, 0.3) is 0 Å². The molecular formula is C18H17FO2. The quantitative estimate of drug-likeness (QED) is 0.843. The molecule has 0 spiro atoms. The van der Waals surface area contributed by atoms with E-state index in [4.69, 9.17) is 4.74 Å². The van der Waals surface area contributed by atoms with Crippen LogP contribution in [-0.2, 0) is 13.0 Å². The fraction of sp³-hybridized carbons (Fsp3) is 0.278. The van der Waals surface area contributed by atoms with Gasteiger partial charge in [-0.05, 0) is 49.1 Å². The fourth-order valence-electron chi connectivity index (χ4n) is 2.73. The summed E-state index contributed by atoms with van der Waals surface area (Å²) in [6.45, 7) is 2.25. The lowest BCUT2D eigenvalue weighted by Gasteiger charge is -2.19. The molecule has 2 aromatic rings. The summed E-state index contributed by atoms with van der Waals surface area (Å²) in [4.78, 5) is 11.9. The van der Waals surface area contributed by atoms with Crippen LogP contribution in [0.2, 0.25) is 0 Å². The van der Waals surface area contributed by atoms with Crippen molar-refractivity contribution in [3.05, 3.63) is 64.5 Å². The fourth-order valence-corrected chi connectivity index (χ4v) is 2.73. The van der Waals surface area contributed by atoms with Gasteiger partial charge < -0.3 is 4.74 Å². The summed E-state index contributed by atoms with van der Waals surface area (Å²) < 4.78 is 19.2. The lowest BCUT2D eigenvalue weighted by molar-refractivity contribution is 0.0971. The van der Waals surface area contributed by atoms with Crippen molar-refractivity contribution in [2.75, 3.05) is 0 Å². The average Bonchev–Trinajstić information content (AvgIpc) is 2.49. The van der Waals surface area contributed by atoms with Crippen molar-refractivity contribution in [2.24, 2.45) is 0 Å². The largest absolute Gasteiger partial charge is 0.489 e. The summed E-state index contributed by atoms with van der Waals surface area (Å²) in [5, 5.41) is 0. The summed E-state index contributed by atoms with van der Waals surface area (Å²) in [6.07, 6.45) is 2.34. The van der Waals surface area contributed by atoms with Crippen molar-refractivity contribution in [3.8, 4) is 5.75 Å². The molecule has 2 aromatic carbocycles. The highest BCUT2D eigenvalue weighted by atomic mass is 19.1. The second-order valence-corrected chi connectivity index (χ2v) is 5.42. The van der Waals surface area contributed by atoms with Crippen molar-refractivity contribution < 1.29 is 13.9 Å². The molecule has 0 N–H and O–H groups in total. The van der Waals surface area contributed by atoms with Gasteiger partial charge in [0.15, 0.2) is 5.78 Å². The maximum absolute atomic E-state index is 13.3. The van der Waals surface area contributed by atoms with Crippen molar-refractivity contribution in [3.63, 3.8) is 0 Å². The molecule has 0 aromatic heterocycles. The number of Topliss-reactive ketones (excluding diaryl/α,β-unsaturated/α-hetero) is 1. The summed E-state index contributed by atoms with van der Waals surface area (Å²) >= 11 is 0. The molecule has 0 saturated heterocycles. The lowest BCUT2D eigenvalue weighted by Crippen LogP contribution is -2.12. The summed E-state index contributed by atoms with van der Waals surface area (Å²) in [5.74, 6) is 0.664. The maximum atomic E-state index is 13.3. The highest BCUT2D eigenvalue weighted by Crippen LogP contribution is 2.30. The predicted octanol–water partition coefficient (Wildman–Crippen LogP) is 4.23. The zero-order valence-corrected chi connectivity index (χ0v) is 12.0. The Labute approximate surface area is 123 Å². The van der Waals surface area contributed by atoms with Crippen molar-refractivity contribution >= 4 is 5.78 Å². The van der Waals surface area contributed by atoms with Crippen molar-refractivity contribution in [1.29, 1.82) is 0 Å². The van der Waals surface area contributed by atoms with Gasteiger partial charge in [-0.25, -0.2) is 4.39 Å². The molecule has 0 atom stereocenters. The minimum absolute atomic E-state index is 0.184. The van der Waals surface area contributed by atoms with Gasteiger partial charge in [0.2, 0.25) is 0 Å². The van der Waals surface area contributed by atoms with Gasteiger partial charge in [0.1, 0.15) is 18.2 Å². The van der Waals surface area contributed by atoms with Crippen molar-refractivity contribution in [2.45, 2.75) is 32.8 Å². The first-order valence-corrected chi connectivity index (χ1v) is 7.18. The zero-order chi connectivity index (χ0) is 14.8. The van der Waals surface area contributed by atoms with Crippen LogP contribution in [0.15, 0.2) is 36.4 Å². The molecule has 1 aliphatic carbocycles. The number of aryl methyl sites for hydroxylation is 1. The molecule has 0 bridgehead atoms. The molecule has 0 fully saturated rings. The topological polar surface area (TPSA) is 26.3 Å². The van der Waals surface area contributed by atoms with Crippen LogP contribution in [0.25, 0.3) is 0 Å². The summed E-state index contributed by atoms with van der Waals surface area (Å²) in [5.41, 5.74) is 3.59. The van der Waals surface area contributed by atoms with Crippen LogP contribution in [0.5, 0.6) is 5.75 Å². The molecule has 0 saturated carbocycles. The molecule has 1 aliphatic rings. The van der Waals surface area contributed by atoms with E-state index in [1.807, 2.05) is 25.1 Å². The van der Waals surface area contributed by atoms with Gasteiger partial charge >= 0.3 is 0 Å². The standard InChI is InChI=1S/C18H17FO2/c1-12-8-9-14(19)10-13(12)11-21-18-7-3-4-15-16(18)5-2-6-17(15)20/h3-4,7-10H,2,5-6,11H2,1H3. The molecule has 0 amide bonds. The third kappa shape index (κ3) is 2.82. The molecule has 2 nitrogen and oxygen atoms in total.